The van der Waals surface area contributed by atoms with Gasteiger partial charge in [-0.2, -0.15) is 0 Å². The summed E-state index contributed by atoms with van der Waals surface area (Å²) in [5.74, 6) is 0.0514. The lowest BCUT2D eigenvalue weighted by atomic mass is 9.92. The smallest absolute Gasteiger partial charge is 0.335 e. The Hall–Kier alpha value is -1.84. The molecule has 0 spiro atoms. The minimum atomic E-state index is -0.911. The predicted octanol–water partition coefficient (Wildman–Crippen LogP) is 2.62. The van der Waals surface area contributed by atoms with Crippen LogP contribution in [-0.4, -0.2) is 20.5 Å². The monoisotopic (exact) mass is 232 g/mol. The quantitative estimate of drug-likeness (QED) is 0.866. The Kier molecular flexibility index (Phi) is 2.65. The van der Waals surface area contributed by atoms with Gasteiger partial charge in [0.2, 0.25) is 0 Å². The van der Waals surface area contributed by atoms with Crippen LogP contribution in [0.5, 0.6) is 0 Å². The molecule has 2 rings (SSSR count). The first-order valence-electron chi connectivity index (χ1n) is 5.56. The minimum Gasteiger partial charge on any atom is -0.478 e. The van der Waals surface area contributed by atoms with E-state index in [9.17, 15) is 4.79 Å². The largest absolute Gasteiger partial charge is 0.478 e. The van der Waals surface area contributed by atoms with Crippen molar-refractivity contribution in [2.24, 2.45) is 5.41 Å². The van der Waals surface area contributed by atoms with E-state index >= 15 is 0 Å². The highest BCUT2D eigenvalue weighted by molar-refractivity contribution is 5.88. The minimum absolute atomic E-state index is 0.159. The molecule has 0 saturated carbocycles. The summed E-state index contributed by atoms with van der Waals surface area (Å²) < 4.78 is 1.94. The van der Waals surface area contributed by atoms with Crippen LogP contribution < -0.4 is 0 Å². The molecule has 2 aromatic rings. The normalized spacial score (nSPS) is 11.9. The summed E-state index contributed by atoms with van der Waals surface area (Å²) in [5, 5.41) is 8.91. The van der Waals surface area contributed by atoms with E-state index in [1.165, 1.54) is 0 Å². The van der Waals surface area contributed by atoms with Gasteiger partial charge in [0.05, 0.1) is 17.3 Å². The van der Waals surface area contributed by atoms with Crippen LogP contribution in [0.15, 0.2) is 24.5 Å². The zero-order valence-electron chi connectivity index (χ0n) is 10.3. The number of carbonyl (C=O) groups is 1. The van der Waals surface area contributed by atoms with Crippen molar-refractivity contribution in [1.29, 1.82) is 0 Å². The second kappa shape index (κ2) is 3.87. The van der Waals surface area contributed by atoms with Crippen LogP contribution in [-0.2, 0) is 6.42 Å². The predicted molar refractivity (Wildman–Crippen MR) is 65.3 cm³/mol. The molecule has 90 valence electrons. The van der Waals surface area contributed by atoms with Crippen molar-refractivity contribution in [2.75, 3.05) is 0 Å². The van der Waals surface area contributed by atoms with E-state index < -0.39 is 5.97 Å². The molecule has 0 fully saturated rings. The van der Waals surface area contributed by atoms with Crippen molar-refractivity contribution in [2.45, 2.75) is 27.2 Å². The van der Waals surface area contributed by atoms with E-state index in [4.69, 9.17) is 5.11 Å². The van der Waals surface area contributed by atoms with Crippen molar-refractivity contribution in [3.8, 4) is 0 Å². The highest BCUT2D eigenvalue weighted by Gasteiger charge is 2.15. The molecule has 2 aromatic heterocycles. The molecule has 0 bridgehead atoms. The summed E-state index contributed by atoms with van der Waals surface area (Å²) in [6, 6.07) is 3.24. The van der Waals surface area contributed by atoms with Crippen molar-refractivity contribution in [3.63, 3.8) is 0 Å². The van der Waals surface area contributed by atoms with Gasteiger partial charge >= 0.3 is 5.97 Å². The highest BCUT2D eigenvalue weighted by atomic mass is 16.4. The molecule has 0 aliphatic rings. The summed E-state index contributed by atoms with van der Waals surface area (Å²) in [6.07, 6.45) is 4.34. The number of hydrogen-bond acceptors (Lipinski definition) is 2. The maximum Gasteiger partial charge on any atom is 0.335 e. The van der Waals surface area contributed by atoms with E-state index in [2.05, 4.69) is 25.8 Å². The van der Waals surface area contributed by atoms with Gasteiger partial charge in [-0.3, -0.25) is 0 Å². The third-order valence-corrected chi connectivity index (χ3v) is 2.54. The molecule has 4 nitrogen and oxygen atoms in total. The van der Waals surface area contributed by atoms with Crippen LogP contribution in [0, 0.1) is 5.41 Å². The van der Waals surface area contributed by atoms with Gasteiger partial charge in [0, 0.05) is 12.6 Å². The Morgan fingerprint density at radius 1 is 1.47 bits per heavy atom. The van der Waals surface area contributed by atoms with Gasteiger partial charge in [0.15, 0.2) is 0 Å². The first kappa shape index (κ1) is 11.6. The Balaban J connectivity index is 2.45. The summed E-state index contributed by atoms with van der Waals surface area (Å²) >= 11 is 0. The van der Waals surface area contributed by atoms with Crippen molar-refractivity contribution in [1.82, 2.24) is 9.38 Å². The second-order valence-corrected chi connectivity index (χ2v) is 5.43. The SMILES string of the molecule is CC(C)(C)Cc1ncc2cc(C(=O)O)ccn12. The third kappa shape index (κ3) is 2.46. The van der Waals surface area contributed by atoms with Crippen molar-refractivity contribution < 1.29 is 9.90 Å². The lowest BCUT2D eigenvalue weighted by molar-refractivity contribution is 0.0697. The summed E-state index contributed by atoms with van der Waals surface area (Å²) in [6.45, 7) is 6.46. The fraction of sp³-hybridized carbons (Fsp3) is 0.385. The molecule has 0 amide bonds. The Morgan fingerprint density at radius 3 is 2.76 bits per heavy atom. The van der Waals surface area contributed by atoms with Gasteiger partial charge in [-0.1, -0.05) is 20.8 Å². The van der Waals surface area contributed by atoms with E-state index in [0.717, 1.165) is 17.8 Å². The van der Waals surface area contributed by atoms with Gasteiger partial charge in [-0.25, -0.2) is 9.78 Å². The van der Waals surface area contributed by atoms with Gasteiger partial charge in [-0.05, 0) is 17.5 Å². The van der Waals surface area contributed by atoms with E-state index in [1.54, 1.807) is 24.5 Å². The molecule has 0 aromatic carbocycles. The molecule has 0 unspecified atom stereocenters. The van der Waals surface area contributed by atoms with Gasteiger partial charge in [0.25, 0.3) is 0 Å². The molecule has 2 heterocycles. The standard InChI is InChI=1S/C13H16N2O2/c1-13(2,3)7-11-14-8-10-6-9(12(16)17)4-5-15(10)11/h4-6,8H,7H2,1-3H3,(H,16,17). The molecule has 0 saturated heterocycles. The lowest BCUT2D eigenvalue weighted by Gasteiger charge is -2.16. The summed E-state index contributed by atoms with van der Waals surface area (Å²) in [5.41, 5.74) is 1.27. The average molecular weight is 232 g/mol. The number of hydrogen-bond donors (Lipinski definition) is 1. The van der Waals surface area contributed by atoms with E-state index in [0.29, 0.717) is 5.56 Å². The molecule has 0 atom stereocenters. The number of fused-ring (bicyclic) bond motifs is 1. The maximum atomic E-state index is 10.9. The fourth-order valence-corrected chi connectivity index (χ4v) is 1.79. The van der Waals surface area contributed by atoms with Crippen molar-refractivity contribution >= 4 is 11.5 Å². The van der Waals surface area contributed by atoms with Crippen LogP contribution >= 0.6 is 0 Å². The number of nitrogens with zero attached hydrogens (tertiary/aromatic N) is 2. The van der Waals surface area contributed by atoms with E-state index in [-0.39, 0.29) is 5.41 Å². The lowest BCUT2D eigenvalue weighted by Crippen LogP contribution is -2.12. The number of aromatic carboxylic acids is 1. The molecule has 0 radical (unpaired) electrons. The van der Waals surface area contributed by atoms with E-state index in [1.807, 2.05) is 4.40 Å². The number of carboxylic acids is 1. The Labute approximate surface area is 99.9 Å². The molecule has 4 heteroatoms. The van der Waals surface area contributed by atoms with Gasteiger partial charge in [-0.15, -0.1) is 0 Å². The summed E-state index contributed by atoms with van der Waals surface area (Å²) in [4.78, 5) is 15.2. The van der Waals surface area contributed by atoms with Gasteiger partial charge in [0.1, 0.15) is 5.82 Å². The molecule has 17 heavy (non-hydrogen) atoms. The molecule has 1 N–H and O–H groups in total. The van der Waals surface area contributed by atoms with Crippen LogP contribution in [0.4, 0.5) is 0 Å². The fourth-order valence-electron chi connectivity index (χ4n) is 1.79. The highest BCUT2D eigenvalue weighted by Crippen LogP contribution is 2.21. The van der Waals surface area contributed by atoms with Crippen LogP contribution in [0.25, 0.3) is 5.52 Å². The Bertz CT molecular complexity index is 564. The van der Waals surface area contributed by atoms with Gasteiger partial charge < -0.3 is 9.51 Å². The molecule has 0 aliphatic carbocycles. The molecular formula is C13H16N2O2. The summed E-state index contributed by atoms with van der Waals surface area (Å²) in [7, 11) is 0. The zero-order chi connectivity index (χ0) is 12.6. The number of pyridine rings is 1. The van der Waals surface area contributed by atoms with Crippen LogP contribution in [0.2, 0.25) is 0 Å². The molecular weight excluding hydrogens is 216 g/mol. The van der Waals surface area contributed by atoms with Crippen LogP contribution in [0.1, 0.15) is 37.0 Å². The zero-order valence-corrected chi connectivity index (χ0v) is 10.3. The maximum absolute atomic E-state index is 10.9. The first-order chi connectivity index (χ1) is 7.87. The first-order valence-corrected chi connectivity index (χ1v) is 5.56. The molecule has 0 aliphatic heterocycles. The Morgan fingerprint density at radius 2 is 2.18 bits per heavy atom. The number of carboxylic acid groups (broad SMARTS) is 1. The number of imidazole rings is 1. The van der Waals surface area contributed by atoms with Crippen molar-refractivity contribution in [3.05, 3.63) is 35.9 Å². The average Bonchev–Trinajstić information content (AvgIpc) is 2.58. The van der Waals surface area contributed by atoms with Crippen LogP contribution in [0.3, 0.4) is 0 Å². The second-order valence-electron chi connectivity index (χ2n) is 5.43. The topological polar surface area (TPSA) is 54.6 Å². The number of aromatic nitrogens is 2. The third-order valence-electron chi connectivity index (χ3n) is 2.54. The number of rotatable bonds is 2.